The van der Waals surface area contributed by atoms with E-state index in [0.29, 0.717) is 0 Å². The summed E-state index contributed by atoms with van der Waals surface area (Å²) < 4.78 is 0. The first-order chi connectivity index (χ1) is 9.72. The molecule has 0 aliphatic heterocycles. The van der Waals surface area contributed by atoms with E-state index >= 15 is 0 Å². The van der Waals surface area contributed by atoms with E-state index < -0.39 is 0 Å². The molecule has 0 amide bonds. The molecular formula is C19H13Cl. The molecule has 0 aliphatic carbocycles. The number of aryl methyl sites for hydroxylation is 1. The SMILES string of the molecule is Cc1cccc2ccc(C#Cc3ccc(Cl)cc3)cc12. The van der Waals surface area contributed by atoms with Crippen LogP contribution in [0.25, 0.3) is 10.8 Å². The topological polar surface area (TPSA) is 0 Å². The Bertz CT molecular complexity index is 818. The summed E-state index contributed by atoms with van der Waals surface area (Å²) in [6.07, 6.45) is 0. The predicted octanol–water partition coefficient (Wildman–Crippen LogP) is 5.20. The van der Waals surface area contributed by atoms with E-state index in [-0.39, 0.29) is 0 Å². The van der Waals surface area contributed by atoms with Crippen molar-refractivity contribution in [2.24, 2.45) is 0 Å². The molecule has 0 fully saturated rings. The van der Waals surface area contributed by atoms with Crippen molar-refractivity contribution < 1.29 is 0 Å². The maximum atomic E-state index is 5.86. The van der Waals surface area contributed by atoms with Gasteiger partial charge in [0.1, 0.15) is 0 Å². The van der Waals surface area contributed by atoms with Crippen LogP contribution in [0.3, 0.4) is 0 Å². The van der Waals surface area contributed by atoms with E-state index in [4.69, 9.17) is 11.6 Å². The van der Waals surface area contributed by atoms with Gasteiger partial charge in [0.2, 0.25) is 0 Å². The lowest BCUT2D eigenvalue weighted by Crippen LogP contribution is -1.81. The van der Waals surface area contributed by atoms with Crippen molar-refractivity contribution in [3.8, 4) is 11.8 Å². The number of hydrogen-bond donors (Lipinski definition) is 0. The van der Waals surface area contributed by atoms with Gasteiger partial charge in [0.25, 0.3) is 0 Å². The number of rotatable bonds is 0. The van der Waals surface area contributed by atoms with E-state index in [2.05, 4.69) is 55.2 Å². The molecule has 1 heteroatoms. The summed E-state index contributed by atoms with van der Waals surface area (Å²) in [6, 6.07) is 20.2. The van der Waals surface area contributed by atoms with Crippen LogP contribution in [0.4, 0.5) is 0 Å². The second kappa shape index (κ2) is 5.41. The maximum absolute atomic E-state index is 5.86. The number of hydrogen-bond acceptors (Lipinski definition) is 0. The van der Waals surface area contributed by atoms with E-state index in [0.717, 1.165) is 16.1 Å². The second-order valence-electron chi connectivity index (χ2n) is 4.77. The van der Waals surface area contributed by atoms with E-state index in [1.807, 2.05) is 24.3 Å². The van der Waals surface area contributed by atoms with Crippen LogP contribution < -0.4 is 0 Å². The standard InChI is InChI=1S/C19H13Cl/c1-14-3-2-4-17-10-7-16(13-19(14)17)6-5-15-8-11-18(20)12-9-15/h2-4,7-13H,1H3. The van der Waals surface area contributed by atoms with Gasteiger partial charge in [-0.3, -0.25) is 0 Å². The van der Waals surface area contributed by atoms with Gasteiger partial charge in [-0.05, 0) is 59.7 Å². The monoisotopic (exact) mass is 276 g/mol. The van der Waals surface area contributed by atoms with Gasteiger partial charge in [-0.1, -0.05) is 47.7 Å². The molecule has 3 aromatic carbocycles. The molecule has 0 N–H and O–H groups in total. The first-order valence-electron chi connectivity index (χ1n) is 6.49. The number of benzene rings is 3. The summed E-state index contributed by atoms with van der Waals surface area (Å²) in [7, 11) is 0. The molecule has 0 aliphatic rings. The zero-order valence-electron chi connectivity index (χ0n) is 11.2. The molecule has 0 atom stereocenters. The van der Waals surface area contributed by atoms with Crippen molar-refractivity contribution in [2.75, 3.05) is 0 Å². The number of halogens is 1. The molecule has 0 bridgehead atoms. The molecule has 0 nitrogen and oxygen atoms in total. The summed E-state index contributed by atoms with van der Waals surface area (Å²) >= 11 is 5.86. The molecule has 3 rings (SSSR count). The lowest BCUT2D eigenvalue weighted by atomic mass is 10.0. The highest BCUT2D eigenvalue weighted by molar-refractivity contribution is 6.30. The fourth-order valence-corrected chi connectivity index (χ4v) is 2.31. The smallest absolute Gasteiger partial charge is 0.0406 e. The zero-order chi connectivity index (χ0) is 13.9. The van der Waals surface area contributed by atoms with Gasteiger partial charge < -0.3 is 0 Å². The average Bonchev–Trinajstić information content (AvgIpc) is 2.47. The van der Waals surface area contributed by atoms with Crippen LogP contribution in [0.2, 0.25) is 5.02 Å². The van der Waals surface area contributed by atoms with Gasteiger partial charge in [0, 0.05) is 16.1 Å². The van der Waals surface area contributed by atoms with Crippen LogP contribution in [0, 0.1) is 18.8 Å². The minimum Gasteiger partial charge on any atom is -0.0843 e. The molecule has 0 heterocycles. The molecule has 3 aromatic rings. The van der Waals surface area contributed by atoms with E-state index in [9.17, 15) is 0 Å². The highest BCUT2D eigenvalue weighted by atomic mass is 35.5. The first kappa shape index (κ1) is 12.8. The van der Waals surface area contributed by atoms with Crippen molar-refractivity contribution in [1.82, 2.24) is 0 Å². The molecular weight excluding hydrogens is 264 g/mol. The molecule has 0 unspecified atom stereocenters. The Balaban J connectivity index is 1.99. The summed E-state index contributed by atoms with van der Waals surface area (Å²) in [6.45, 7) is 2.12. The van der Waals surface area contributed by atoms with Gasteiger partial charge in [-0.2, -0.15) is 0 Å². The molecule has 0 radical (unpaired) electrons. The Labute approximate surface area is 124 Å². The first-order valence-corrected chi connectivity index (χ1v) is 6.87. The quantitative estimate of drug-likeness (QED) is 0.495. The minimum atomic E-state index is 0.733. The van der Waals surface area contributed by atoms with Crippen molar-refractivity contribution >= 4 is 22.4 Å². The Morgan fingerprint density at radius 3 is 2.30 bits per heavy atom. The largest absolute Gasteiger partial charge is 0.0843 e. The summed E-state index contributed by atoms with van der Waals surface area (Å²) in [5, 5.41) is 3.24. The molecule has 0 saturated carbocycles. The maximum Gasteiger partial charge on any atom is 0.0406 e. The van der Waals surface area contributed by atoms with Gasteiger partial charge in [0.05, 0.1) is 0 Å². The van der Waals surface area contributed by atoms with Crippen molar-refractivity contribution in [2.45, 2.75) is 6.92 Å². The summed E-state index contributed by atoms with van der Waals surface area (Å²) in [5.41, 5.74) is 3.28. The Morgan fingerprint density at radius 1 is 0.800 bits per heavy atom. The van der Waals surface area contributed by atoms with Gasteiger partial charge >= 0.3 is 0 Å². The molecule has 20 heavy (non-hydrogen) atoms. The van der Waals surface area contributed by atoms with Crippen molar-refractivity contribution in [1.29, 1.82) is 0 Å². The van der Waals surface area contributed by atoms with Crippen LogP contribution in [0.5, 0.6) is 0 Å². The van der Waals surface area contributed by atoms with Gasteiger partial charge in [-0.15, -0.1) is 0 Å². The van der Waals surface area contributed by atoms with Crippen LogP contribution >= 0.6 is 11.6 Å². The Morgan fingerprint density at radius 2 is 1.50 bits per heavy atom. The molecule has 0 saturated heterocycles. The fourth-order valence-electron chi connectivity index (χ4n) is 2.18. The van der Waals surface area contributed by atoms with E-state index in [1.54, 1.807) is 0 Å². The highest BCUT2D eigenvalue weighted by Gasteiger charge is 1.97. The summed E-state index contributed by atoms with van der Waals surface area (Å²) in [5.74, 6) is 6.37. The fraction of sp³-hybridized carbons (Fsp3) is 0.0526. The predicted molar refractivity (Wildman–Crippen MR) is 86.1 cm³/mol. The Hall–Kier alpha value is -2.23. The van der Waals surface area contributed by atoms with Gasteiger partial charge in [0.15, 0.2) is 0 Å². The lowest BCUT2D eigenvalue weighted by Gasteiger charge is -2.01. The average molecular weight is 277 g/mol. The van der Waals surface area contributed by atoms with Crippen LogP contribution in [0.15, 0.2) is 60.7 Å². The molecule has 0 aromatic heterocycles. The van der Waals surface area contributed by atoms with E-state index in [1.165, 1.54) is 16.3 Å². The lowest BCUT2D eigenvalue weighted by molar-refractivity contribution is 1.52. The third-order valence-corrected chi connectivity index (χ3v) is 3.55. The summed E-state index contributed by atoms with van der Waals surface area (Å²) in [4.78, 5) is 0. The number of fused-ring (bicyclic) bond motifs is 1. The van der Waals surface area contributed by atoms with Crippen molar-refractivity contribution in [3.05, 3.63) is 82.4 Å². The van der Waals surface area contributed by atoms with Crippen LogP contribution in [-0.4, -0.2) is 0 Å². The second-order valence-corrected chi connectivity index (χ2v) is 5.20. The third-order valence-electron chi connectivity index (χ3n) is 3.30. The van der Waals surface area contributed by atoms with Crippen LogP contribution in [-0.2, 0) is 0 Å². The Kier molecular flexibility index (Phi) is 3.46. The molecule has 0 spiro atoms. The normalized spacial score (nSPS) is 10.1. The minimum absolute atomic E-state index is 0.733. The van der Waals surface area contributed by atoms with Gasteiger partial charge in [-0.25, -0.2) is 0 Å². The third kappa shape index (κ3) is 2.69. The van der Waals surface area contributed by atoms with Crippen LogP contribution in [0.1, 0.15) is 16.7 Å². The highest BCUT2D eigenvalue weighted by Crippen LogP contribution is 2.19. The molecule has 96 valence electrons. The zero-order valence-corrected chi connectivity index (χ0v) is 11.9. The van der Waals surface area contributed by atoms with Crippen molar-refractivity contribution in [3.63, 3.8) is 0 Å².